The fourth-order valence-electron chi connectivity index (χ4n) is 3.78. The number of benzene rings is 2. The third kappa shape index (κ3) is 4.88. The minimum Gasteiger partial charge on any atom is -0.490 e. The maximum Gasteiger partial charge on any atom is 0.290 e. The second-order valence-corrected chi connectivity index (χ2v) is 9.81. The second kappa shape index (κ2) is 10.2. The summed E-state index contributed by atoms with van der Waals surface area (Å²) in [5.74, 6) is 0.664. The monoisotopic (exact) mass is 525 g/mol. The summed E-state index contributed by atoms with van der Waals surface area (Å²) in [6, 6.07) is 14.8. The number of halogens is 1. The molecule has 10 heteroatoms. The molecular weight excluding hydrogens is 505 g/mol. The number of thioether (sulfide) groups is 1. The van der Waals surface area contributed by atoms with Crippen LogP contribution in [0.5, 0.6) is 11.5 Å². The number of nitrogens with one attached hydrogen (secondary N) is 1. The van der Waals surface area contributed by atoms with Gasteiger partial charge in [-0.05, 0) is 71.6 Å². The predicted molar refractivity (Wildman–Crippen MR) is 135 cm³/mol. The Hall–Kier alpha value is -3.60. The molecule has 1 unspecified atom stereocenters. The number of amides is 2. The zero-order chi connectivity index (χ0) is 25.2. The Kier molecular flexibility index (Phi) is 6.82. The van der Waals surface area contributed by atoms with Crippen molar-refractivity contribution in [1.29, 1.82) is 0 Å². The fourth-order valence-corrected chi connectivity index (χ4v) is 5.23. The van der Waals surface area contributed by atoms with Crippen molar-refractivity contribution in [2.24, 2.45) is 0 Å². The fraction of sp³-hybridized carbons (Fsp3) is 0.154. The zero-order valence-electron chi connectivity index (χ0n) is 18.9. The summed E-state index contributed by atoms with van der Waals surface area (Å²) in [7, 11) is 0. The summed E-state index contributed by atoms with van der Waals surface area (Å²) in [4.78, 5) is 24.5. The van der Waals surface area contributed by atoms with Gasteiger partial charge in [0.15, 0.2) is 11.5 Å². The Morgan fingerprint density at radius 3 is 2.58 bits per heavy atom. The van der Waals surface area contributed by atoms with Gasteiger partial charge in [0.2, 0.25) is 0 Å². The van der Waals surface area contributed by atoms with Crippen molar-refractivity contribution in [3.05, 3.63) is 92.5 Å². The lowest BCUT2D eigenvalue weighted by molar-refractivity contribution is -0.115. The average molecular weight is 526 g/mol. The number of ether oxygens (including phenoxy) is 3. The molecule has 1 fully saturated rings. The van der Waals surface area contributed by atoms with E-state index < -0.39 is 17.8 Å². The molecule has 1 aromatic heterocycles. The van der Waals surface area contributed by atoms with E-state index in [0.29, 0.717) is 33.3 Å². The number of hydrogen-bond acceptors (Lipinski definition) is 8. The molecule has 0 spiro atoms. The maximum absolute atomic E-state index is 13.8. The van der Waals surface area contributed by atoms with E-state index in [1.807, 2.05) is 17.5 Å². The van der Waals surface area contributed by atoms with Crippen LogP contribution in [0.3, 0.4) is 0 Å². The minimum absolute atomic E-state index is 0.110. The second-order valence-electron chi connectivity index (χ2n) is 7.88. The van der Waals surface area contributed by atoms with Gasteiger partial charge < -0.3 is 19.3 Å². The van der Waals surface area contributed by atoms with Crippen LogP contribution in [0.25, 0.3) is 11.3 Å². The average Bonchev–Trinajstić information content (AvgIpc) is 3.52. The third-order valence-corrected chi connectivity index (χ3v) is 7.40. The summed E-state index contributed by atoms with van der Waals surface area (Å²) in [6.45, 7) is 2.07. The molecule has 2 aliphatic rings. The summed E-state index contributed by atoms with van der Waals surface area (Å²) < 4.78 is 31.4. The van der Waals surface area contributed by atoms with E-state index in [-0.39, 0.29) is 24.2 Å². The quantitative estimate of drug-likeness (QED) is 0.311. The van der Waals surface area contributed by atoms with Crippen LogP contribution in [0.4, 0.5) is 9.18 Å². The molecule has 3 heterocycles. The lowest BCUT2D eigenvalue weighted by Gasteiger charge is -2.27. The van der Waals surface area contributed by atoms with Gasteiger partial charge in [0, 0.05) is 5.56 Å². The van der Waals surface area contributed by atoms with E-state index in [9.17, 15) is 19.1 Å². The van der Waals surface area contributed by atoms with E-state index in [2.05, 4.69) is 5.32 Å². The molecule has 184 valence electrons. The number of carbonyl (C=O) groups excluding carboxylic acids is 2. The predicted octanol–water partition coefficient (Wildman–Crippen LogP) is 5.49. The lowest BCUT2D eigenvalue weighted by atomic mass is 10.0. The van der Waals surface area contributed by atoms with Gasteiger partial charge in [-0.25, -0.2) is 4.39 Å². The first-order valence-corrected chi connectivity index (χ1v) is 12.6. The first-order chi connectivity index (χ1) is 17.4. The van der Waals surface area contributed by atoms with Crippen LogP contribution in [0.2, 0.25) is 0 Å². The third-order valence-electron chi connectivity index (χ3n) is 5.55. The molecule has 1 atom stereocenters. The normalized spacial score (nSPS) is 18.5. The van der Waals surface area contributed by atoms with Gasteiger partial charge in [0.1, 0.15) is 36.6 Å². The highest BCUT2D eigenvalue weighted by atomic mass is 32.2. The van der Waals surface area contributed by atoms with Crippen molar-refractivity contribution >= 4 is 45.6 Å². The van der Waals surface area contributed by atoms with Crippen molar-refractivity contribution in [2.45, 2.75) is 13.0 Å². The van der Waals surface area contributed by atoms with Crippen LogP contribution in [0.15, 0.2) is 70.6 Å². The molecule has 2 N–H and O–H groups in total. The molecule has 0 radical (unpaired) electrons. The number of allylic oxidation sites excluding steroid dienone is 1. The number of fused-ring (bicyclic) bond motifs is 1. The van der Waals surface area contributed by atoms with E-state index in [1.54, 1.807) is 31.2 Å². The Morgan fingerprint density at radius 2 is 1.89 bits per heavy atom. The number of carbonyl (C=O) groups is 2. The highest BCUT2D eigenvalue weighted by Crippen LogP contribution is 2.42. The van der Waals surface area contributed by atoms with Gasteiger partial charge in [-0.1, -0.05) is 18.2 Å². The standard InChI is InChI=1S/C26H20FNO6S2/c1-14(24-25(30)28-26(31)36-24)15-4-7-17(8-5-15)32-10-11-33-23-21(29)18-13-16(27)6-9-19(18)34-22(23)20-3-2-12-35-20/h2-9,12-13,21,29H,10-11H2,1H3,(H,28,30,31)/b24-14-. The molecule has 2 aliphatic heterocycles. The Bertz CT molecular complexity index is 1380. The van der Waals surface area contributed by atoms with Gasteiger partial charge >= 0.3 is 0 Å². The number of aliphatic hydroxyl groups excluding tert-OH is 1. The van der Waals surface area contributed by atoms with Crippen LogP contribution in [0.1, 0.15) is 29.0 Å². The summed E-state index contributed by atoms with van der Waals surface area (Å²) in [6.07, 6.45) is -1.19. The van der Waals surface area contributed by atoms with Gasteiger partial charge in [0.25, 0.3) is 11.1 Å². The molecule has 2 aromatic carbocycles. The van der Waals surface area contributed by atoms with Crippen molar-refractivity contribution in [2.75, 3.05) is 13.2 Å². The summed E-state index contributed by atoms with van der Waals surface area (Å²) in [5.41, 5.74) is 1.79. The molecule has 0 aliphatic carbocycles. The Labute approximate surface area is 214 Å². The molecule has 36 heavy (non-hydrogen) atoms. The van der Waals surface area contributed by atoms with E-state index in [0.717, 1.165) is 22.2 Å². The van der Waals surface area contributed by atoms with E-state index in [1.165, 1.54) is 29.5 Å². The van der Waals surface area contributed by atoms with Crippen molar-refractivity contribution in [3.63, 3.8) is 0 Å². The van der Waals surface area contributed by atoms with Gasteiger partial charge in [-0.3, -0.25) is 14.9 Å². The molecule has 7 nitrogen and oxygen atoms in total. The molecule has 0 saturated carbocycles. The lowest BCUT2D eigenvalue weighted by Crippen LogP contribution is -2.19. The van der Waals surface area contributed by atoms with Crippen molar-refractivity contribution in [1.82, 2.24) is 5.32 Å². The number of thiophene rings is 1. The maximum atomic E-state index is 13.8. The van der Waals surface area contributed by atoms with Crippen LogP contribution in [-0.4, -0.2) is 29.5 Å². The van der Waals surface area contributed by atoms with Crippen molar-refractivity contribution < 1.29 is 33.3 Å². The zero-order valence-corrected chi connectivity index (χ0v) is 20.6. The molecule has 5 rings (SSSR count). The number of imide groups is 1. The van der Waals surface area contributed by atoms with Gasteiger partial charge in [-0.15, -0.1) is 11.3 Å². The number of hydrogen-bond donors (Lipinski definition) is 2. The minimum atomic E-state index is -1.19. The van der Waals surface area contributed by atoms with E-state index >= 15 is 0 Å². The highest BCUT2D eigenvalue weighted by Gasteiger charge is 2.32. The van der Waals surface area contributed by atoms with E-state index in [4.69, 9.17) is 14.2 Å². The summed E-state index contributed by atoms with van der Waals surface area (Å²) >= 11 is 2.32. The SMILES string of the molecule is C/C(=C1/SC(=O)NC1=O)c1ccc(OCCOC2=C(c3cccs3)Oc3ccc(F)cc3C2O)cc1. The van der Waals surface area contributed by atoms with Gasteiger partial charge in [0.05, 0.1) is 9.78 Å². The smallest absolute Gasteiger partial charge is 0.290 e. The number of aliphatic hydroxyl groups is 1. The molecule has 3 aromatic rings. The van der Waals surface area contributed by atoms with Crippen LogP contribution in [-0.2, 0) is 9.53 Å². The molecule has 2 amide bonds. The molecule has 0 bridgehead atoms. The first-order valence-electron chi connectivity index (χ1n) is 10.9. The van der Waals surface area contributed by atoms with Crippen LogP contribution >= 0.6 is 23.1 Å². The molecular formula is C26H20FNO6S2. The van der Waals surface area contributed by atoms with Gasteiger partial charge in [-0.2, -0.15) is 0 Å². The Morgan fingerprint density at radius 1 is 1.11 bits per heavy atom. The summed E-state index contributed by atoms with van der Waals surface area (Å²) in [5, 5.41) is 14.7. The number of rotatable bonds is 7. The van der Waals surface area contributed by atoms with Crippen LogP contribution in [0, 0.1) is 5.82 Å². The molecule has 1 saturated heterocycles. The topological polar surface area (TPSA) is 94.1 Å². The van der Waals surface area contributed by atoms with Crippen molar-refractivity contribution in [3.8, 4) is 11.5 Å². The Balaban J connectivity index is 1.25. The first kappa shape index (κ1) is 24.1. The van der Waals surface area contributed by atoms with Crippen LogP contribution < -0.4 is 14.8 Å². The largest absolute Gasteiger partial charge is 0.490 e. The highest BCUT2D eigenvalue weighted by molar-refractivity contribution is 8.18.